The minimum atomic E-state index is 0.352. The van der Waals surface area contributed by atoms with Crippen LogP contribution < -0.4 is 10.6 Å². The van der Waals surface area contributed by atoms with Crippen molar-refractivity contribution < 1.29 is 0 Å². The Morgan fingerprint density at radius 1 is 1.28 bits per heavy atom. The number of hydrogen-bond donors (Lipinski definition) is 1. The third-order valence-corrected chi connectivity index (χ3v) is 2.72. The van der Waals surface area contributed by atoms with E-state index in [0.717, 1.165) is 5.69 Å². The summed E-state index contributed by atoms with van der Waals surface area (Å²) in [6, 6.07) is 12.6. The van der Waals surface area contributed by atoms with Crippen LogP contribution in [0.1, 0.15) is 5.56 Å². The van der Waals surface area contributed by atoms with Crippen LogP contribution in [-0.2, 0) is 0 Å². The van der Waals surface area contributed by atoms with Gasteiger partial charge in [-0.3, -0.25) is 0 Å². The number of benzene rings is 1. The highest BCUT2D eigenvalue weighted by Gasteiger charge is 2.07. The van der Waals surface area contributed by atoms with Gasteiger partial charge in [-0.1, -0.05) is 11.6 Å². The molecule has 1 heterocycles. The molecule has 4 nitrogen and oxygen atoms in total. The average Bonchev–Trinajstić information content (AvgIpc) is 2.37. The van der Waals surface area contributed by atoms with Crippen molar-refractivity contribution in [1.29, 1.82) is 5.26 Å². The maximum absolute atomic E-state index is 8.75. The molecule has 0 unspecified atom stereocenters. The van der Waals surface area contributed by atoms with Crippen molar-refractivity contribution in [3.05, 3.63) is 47.1 Å². The molecule has 90 valence electrons. The van der Waals surface area contributed by atoms with Crippen molar-refractivity contribution in [1.82, 2.24) is 4.98 Å². The van der Waals surface area contributed by atoms with Crippen LogP contribution >= 0.6 is 11.6 Å². The van der Waals surface area contributed by atoms with Gasteiger partial charge in [0, 0.05) is 24.5 Å². The summed E-state index contributed by atoms with van der Waals surface area (Å²) in [5.74, 6) is 0.657. The molecule has 0 fully saturated rings. The van der Waals surface area contributed by atoms with E-state index in [1.807, 2.05) is 24.1 Å². The first kappa shape index (κ1) is 12.2. The third-order valence-electron chi connectivity index (χ3n) is 2.53. The van der Waals surface area contributed by atoms with E-state index in [9.17, 15) is 0 Å². The standard InChI is InChI=1S/C13H11ClN4/c1-18(11-4-2-9(8-15)3-5-11)13-7-10(16)6-12(14)17-13/h2-7H,1H3,(H2,16,17). The van der Waals surface area contributed by atoms with Gasteiger partial charge in [-0.25, -0.2) is 4.98 Å². The van der Waals surface area contributed by atoms with Crippen molar-refractivity contribution in [2.75, 3.05) is 17.7 Å². The van der Waals surface area contributed by atoms with Gasteiger partial charge >= 0.3 is 0 Å². The lowest BCUT2D eigenvalue weighted by Crippen LogP contribution is -2.11. The van der Waals surface area contributed by atoms with E-state index in [2.05, 4.69) is 11.1 Å². The largest absolute Gasteiger partial charge is 0.399 e. The zero-order valence-electron chi connectivity index (χ0n) is 9.76. The minimum absolute atomic E-state index is 0.352. The fourth-order valence-corrected chi connectivity index (χ4v) is 1.78. The Morgan fingerprint density at radius 3 is 2.50 bits per heavy atom. The molecule has 18 heavy (non-hydrogen) atoms. The highest BCUT2D eigenvalue weighted by atomic mass is 35.5. The molecule has 5 heteroatoms. The van der Waals surface area contributed by atoms with Crippen molar-refractivity contribution in [2.24, 2.45) is 0 Å². The molecule has 1 aromatic heterocycles. The van der Waals surface area contributed by atoms with E-state index in [1.54, 1.807) is 24.3 Å². The smallest absolute Gasteiger partial charge is 0.136 e. The number of nitrogens with zero attached hydrogens (tertiary/aromatic N) is 3. The molecule has 0 saturated carbocycles. The molecule has 2 aromatic rings. The quantitative estimate of drug-likeness (QED) is 0.841. The van der Waals surface area contributed by atoms with E-state index >= 15 is 0 Å². The van der Waals surface area contributed by atoms with Gasteiger partial charge in [-0.2, -0.15) is 5.26 Å². The van der Waals surface area contributed by atoms with Crippen LogP contribution in [0, 0.1) is 11.3 Å². The Morgan fingerprint density at radius 2 is 1.94 bits per heavy atom. The Hall–Kier alpha value is -2.25. The molecule has 1 aromatic carbocycles. The lowest BCUT2D eigenvalue weighted by molar-refractivity contribution is 1.13. The molecule has 0 aliphatic carbocycles. The Balaban J connectivity index is 2.35. The van der Waals surface area contributed by atoms with Gasteiger partial charge in [0.05, 0.1) is 11.6 Å². The van der Waals surface area contributed by atoms with Crippen LogP contribution in [0.2, 0.25) is 5.15 Å². The van der Waals surface area contributed by atoms with Crippen LogP contribution in [0.3, 0.4) is 0 Å². The SMILES string of the molecule is CN(c1ccc(C#N)cc1)c1cc(N)cc(Cl)n1. The first-order chi connectivity index (χ1) is 8.60. The second-order valence-corrected chi connectivity index (χ2v) is 4.19. The minimum Gasteiger partial charge on any atom is -0.399 e. The molecule has 0 amide bonds. The summed E-state index contributed by atoms with van der Waals surface area (Å²) >= 11 is 5.87. The molecule has 2 N–H and O–H groups in total. The van der Waals surface area contributed by atoms with Gasteiger partial charge in [0.25, 0.3) is 0 Å². The van der Waals surface area contributed by atoms with E-state index in [1.165, 1.54) is 0 Å². The number of pyridine rings is 1. The molecular weight excluding hydrogens is 248 g/mol. The van der Waals surface area contributed by atoms with E-state index in [0.29, 0.717) is 22.2 Å². The lowest BCUT2D eigenvalue weighted by Gasteiger charge is -2.18. The first-order valence-corrected chi connectivity index (χ1v) is 5.65. The highest BCUT2D eigenvalue weighted by Crippen LogP contribution is 2.25. The predicted octanol–water partition coefficient (Wildman–Crippen LogP) is 2.96. The van der Waals surface area contributed by atoms with E-state index < -0.39 is 0 Å². The molecular formula is C13H11ClN4. The Bertz CT molecular complexity index is 581. The lowest BCUT2D eigenvalue weighted by atomic mass is 10.2. The summed E-state index contributed by atoms with van der Waals surface area (Å²) < 4.78 is 0. The number of nitrogen functional groups attached to an aromatic ring is 1. The van der Waals surface area contributed by atoms with Crippen LogP contribution in [-0.4, -0.2) is 12.0 Å². The third kappa shape index (κ3) is 2.53. The van der Waals surface area contributed by atoms with Gasteiger partial charge in [0.2, 0.25) is 0 Å². The number of anilines is 3. The zero-order chi connectivity index (χ0) is 13.1. The Labute approximate surface area is 110 Å². The van der Waals surface area contributed by atoms with E-state index in [-0.39, 0.29) is 0 Å². The molecule has 0 atom stereocenters. The topological polar surface area (TPSA) is 65.9 Å². The van der Waals surface area contributed by atoms with Crippen LogP contribution in [0.5, 0.6) is 0 Å². The monoisotopic (exact) mass is 258 g/mol. The second kappa shape index (κ2) is 4.94. The van der Waals surface area contributed by atoms with Gasteiger partial charge in [0.1, 0.15) is 11.0 Å². The highest BCUT2D eigenvalue weighted by molar-refractivity contribution is 6.29. The molecule has 0 bridgehead atoms. The van der Waals surface area contributed by atoms with Gasteiger partial charge in [-0.15, -0.1) is 0 Å². The molecule has 0 aliphatic rings. The maximum Gasteiger partial charge on any atom is 0.136 e. The fourth-order valence-electron chi connectivity index (χ4n) is 1.57. The molecule has 0 saturated heterocycles. The summed E-state index contributed by atoms with van der Waals surface area (Å²) in [6.07, 6.45) is 0. The van der Waals surface area contributed by atoms with E-state index in [4.69, 9.17) is 22.6 Å². The second-order valence-electron chi connectivity index (χ2n) is 3.80. The van der Waals surface area contributed by atoms with Crippen LogP contribution in [0.4, 0.5) is 17.2 Å². The van der Waals surface area contributed by atoms with Crippen molar-refractivity contribution in [3.63, 3.8) is 0 Å². The zero-order valence-corrected chi connectivity index (χ0v) is 10.5. The van der Waals surface area contributed by atoms with Crippen molar-refractivity contribution >= 4 is 28.8 Å². The Kier molecular flexibility index (Phi) is 3.35. The van der Waals surface area contributed by atoms with Crippen molar-refractivity contribution in [2.45, 2.75) is 0 Å². The van der Waals surface area contributed by atoms with Crippen LogP contribution in [0.15, 0.2) is 36.4 Å². The molecule has 0 radical (unpaired) electrons. The summed E-state index contributed by atoms with van der Waals surface area (Å²) in [6.45, 7) is 0. The normalized spacial score (nSPS) is 9.83. The first-order valence-electron chi connectivity index (χ1n) is 5.27. The van der Waals surface area contributed by atoms with Gasteiger partial charge in [0.15, 0.2) is 0 Å². The molecule has 2 rings (SSSR count). The summed E-state index contributed by atoms with van der Waals surface area (Å²) in [4.78, 5) is 6.05. The van der Waals surface area contributed by atoms with Crippen molar-refractivity contribution in [3.8, 4) is 6.07 Å². The maximum atomic E-state index is 8.75. The number of rotatable bonds is 2. The van der Waals surface area contributed by atoms with Gasteiger partial charge < -0.3 is 10.6 Å². The number of nitriles is 1. The predicted molar refractivity (Wildman–Crippen MR) is 72.9 cm³/mol. The molecule has 0 aliphatic heterocycles. The number of hydrogen-bond acceptors (Lipinski definition) is 4. The summed E-state index contributed by atoms with van der Waals surface area (Å²) in [5.41, 5.74) is 7.81. The fraction of sp³-hybridized carbons (Fsp3) is 0.0769. The average molecular weight is 259 g/mol. The number of halogens is 1. The number of nitrogens with two attached hydrogens (primary N) is 1. The van der Waals surface area contributed by atoms with Gasteiger partial charge in [-0.05, 0) is 30.3 Å². The molecule has 0 spiro atoms. The summed E-state index contributed by atoms with van der Waals surface area (Å²) in [5, 5.41) is 9.10. The number of aromatic nitrogens is 1. The van der Waals surface area contributed by atoms with Crippen LogP contribution in [0.25, 0.3) is 0 Å². The summed E-state index contributed by atoms with van der Waals surface area (Å²) in [7, 11) is 1.86.